The van der Waals surface area contributed by atoms with Crippen molar-refractivity contribution >= 4 is 27.5 Å². The van der Waals surface area contributed by atoms with Crippen LogP contribution in [0.25, 0.3) is 10.2 Å². The van der Waals surface area contributed by atoms with Crippen LogP contribution < -0.4 is 0 Å². The van der Waals surface area contributed by atoms with Crippen molar-refractivity contribution in [3.05, 3.63) is 29.3 Å². The van der Waals surface area contributed by atoms with E-state index in [0.717, 1.165) is 23.4 Å². The maximum absolute atomic E-state index is 12.8. The molecule has 0 spiro atoms. The van der Waals surface area contributed by atoms with Crippen LogP contribution in [-0.4, -0.2) is 46.9 Å². The molecule has 0 bridgehead atoms. The fraction of sp³-hybridized carbons (Fsp3) is 0.579. The Morgan fingerprint density at radius 1 is 1.25 bits per heavy atom. The standard InChI is InChI=1S/C19H27N3OS/c1-14(19(23)22(3)15-9-5-4-6-10-15)21(2)13-18-20-16-11-7-8-12-17(16)24-18/h7-8,11-12,14-15H,4-6,9-10,13H2,1-3H3. The third-order valence-corrected chi connectivity index (χ3v) is 6.23. The van der Waals surface area contributed by atoms with Gasteiger partial charge in [0.2, 0.25) is 5.91 Å². The molecule has 0 aliphatic heterocycles. The average molecular weight is 346 g/mol. The van der Waals surface area contributed by atoms with Gasteiger partial charge in [0.1, 0.15) is 5.01 Å². The zero-order chi connectivity index (χ0) is 17.1. The number of carbonyl (C=O) groups excluding carboxylic acids is 1. The fourth-order valence-corrected chi connectivity index (χ4v) is 4.50. The van der Waals surface area contributed by atoms with Gasteiger partial charge in [-0.15, -0.1) is 11.3 Å². The maximum Gasteiger partial charge on any atom is 0.239 e. The van der Waals surface area contributed by atoms with Gasteiger partial charge in [-0.25, -0.2) is 4.98 Å². The summed E-state index contributed by atoms with van der Waals surface area (Å²) in [6, 6.07) is 8.50. The molecular formula is C19H27N3OS. The molecule has 2 aromatic rings. The molecule has 4 nitrogen and oxygen atoms in total. The van der Waals surface area contributed by atoms with Crippen molar-refractivity contribution < 1.29 is 4.79 Å². The van der Waals surface area contributed by atoms with Crippen LogP contribution in [0.5, 0.6) is 0 Å². The van der Waals surface area contributed by atoms with Crippen molar-refractivity contribution in [1.82, 2.24) is 14.8 Å². The zero-order valence-electron chi connectivity index (χ0n) is 14.9. The number of carbonyl (C=O) groups is 1. The monoisotopic (exact) mass is 345 g/mol. The number of hydrogen-bond donors (Lipinski definition) is 0. The first-order chi connectivity index (χ1) is 11.6. The highest BCUT2D eigenvalue weighted by Gasteiger charge is 2.27. The third kappa shape index (κ3) is 3.78. The zero-order valence-corrected chi connectivity index (χ0v) is 15.7. The van der Waals surface area contributed by atoms with E-state index >= 15 is 0 Å². The molecule has 1 saturated carbocycles. The molecule has 130 valence electrons. The molecule has 1 heterocycles. The Balaban J connectivity index is 1.62. The van der Waals surface area contributed by atoms with Crippen molar-refractivity contribution in [2.24, 2.45) is 0 Å². The number of para-hydroxylation sites is 1. The van der Waals surface area contributed by atoms with Crippen molar-refractivity contribution in [2.75, 3.05) is 14.1 Å². The topological polar surface area (TPSA) is 36.4 Å². The number of fused-ring (bicyclic) bond motifs is 1. The molecule has 3 rings (SSSR count). The van der Waals surface area contributed by atoms with Crippen molar-refractivity contribution in [3.8, 4) is 0 Å². The van der Waals surface area contributed by atoms with Gasteiger partial charge in [0.05, 0.1) is 22.8 Å². The quantitative estimate of drug-likeness (QED) is 0.824. The minimum Gasteiger partial charge on any atom is -0.341 e. The summed E-state index contributed by atoms with van der Waals surface area (Å²) in [6.07, 6.45) is 6.11. The van der Waals surface area contributed by atoms with Crippen LogP contribution in [0.2, 0.25) is 0 Å². The number of rotatable bonds is 5. The highest BCUT2D eigenvalue weighted by molar-refractivity contribution is 7.18. The number of hydrogen-bond acceptors (Lipinski definition) is 4. The third-order valence-electron chi connectivity index (χ3n) is 5.21. The molecule has 24 heavy (non-hydrogen) atoms. The summed E-state index contributed by atoms with van der Waals surface area (Å²) >= 11 is 1.71. The van der Waals surface area contributed by atoms with E-state index in [2.05, 4.69) is 16.0 Å². The number of aromatic nitrogens is 1. The van der Waals surface area contributed by atoms with Gasteiger partial charge in [-0.1, -0.05) is 31.4 Å². The molecule has 5 heteroatoms. The lowest BCUT2D eigenvalue weighted by molar-refractivity contribution is -0.137. The number of thiazole rings is 1. The summed E-state index contributed by atoms with van der Waals surface area (Å²) in [4.78, 5) is 21.6. The Labute approximate surface area is 148 Å². The van der Waals surface area contributed by atoms with Gasteiger partial charge in [0.15, 0.2) is 0 Å². The summed E-state index contributed by atoms with van der Waals surface area (Å²) in [5.41, 5.74) is 1.05. The second-order valence-electron chi connectivity index (χ2n) is 6.91. The first-order valence-electron chi connectivity index (χ1n) is 8.87. The molecule has 1 unspecified atom stereocenters. The Morgan fingerprint density at radius 2 is 1.96 bits per heavy atom. The van der Waals surface area contributed by atoms with Crippen LogP contribution in [0, 0.1) is 0 Å². The lowest BCUT2D eigenvalue weighted by atomic mass is 9.94. The van der Waals surface area contributed by atoms with E-state index in [4.69, 9.17) is 0 Å². The molecule has 1 aliphatic rings. The predicted molar refractivity (Wildman–Crippen MR) is 100 cm³/mol. The van der Waals surface area contributed by atoms with E-state index in [9.17, 15) is 4.79 Å². The Hall–Kier alpha value is -1.46. The van der Waals surface area contributed by atoms with Crippen LogP contribution in [0.4, 0.5) is 0 Å². The molecular weight excluding hydrogens is 318 g/mol. The van der Waals surface area contributed by atoms with Gasteiger partial charge in [0, 0.05) is 13.1 Å². The van der Waals surface area contributed by atoms with Crippen LogP contribution in [0.1, 0.15) is 44.0 Å². The molecule has 0 N–H and O–H groups in total. The van der Waals surface area contributed by atoms with Crippen molar-refractivity contribution in [3.63, 3.8) is 0 Å². The van der Waals surface area contributed by atoms with E-state index < -0.39 is 0 Å². The Morgan fingerprint density at radius 3 is 2.67 bits per heavy atom. The number of benzene rings is 1. The van der Waals surface area contributed by atoms with Gasteiger partial charge in [-0.3, -0.25) is 9.69 Å². The second kappa shape index (κ2) is 7.62. The highest BCUT2D eigenvalue weighted by Crippen LogP contribution is 2.24. The maximum atomic E-state index is 12.8. The van der Waals surface area contributed by atoms with Gasteiger partial charge in [-0.2, -0.15) is 0 Å². The van der Waals surface area contributed by atoms with Crippen LogP contribution in [0.3, 0.4) is 0 Å². The predicted octanol–water partition coefficient (Wildman–Crippen LogP) is 3.91. The van der Waals surface area contributed by atoms with E-state index in [-0.39, 0.29) is 11.9 Å². The Bertz CT molecular complexity index is 660. The first kappa shape index (κ1) is 17.4. The second-order valence-corrected chi connectivity index (χ2v) is 8.02. The lowest BCUT2D eigenvalue weighted by Crippen LogP contribution is -2.48. The van der Waals surface area contributed by atoms with Crippen molar-refractivity contribution in [1.29, 1.82) is 0 Å². The van der Waals surface area contributed by atoms with Crippen molar-refractivity contribution in [2.45, 2.75) is 57.7 Å². The average Bonchev–Trinajstić information content (AvgIpc) is 3.02. The van der Waals surface area contributed by atoms with Gasteiger partial charge >= 0.3 is 0 Å². The van der Waals surface area contributed by atoms with E-state index in [1.807, 2.05) is 44.1 Å². The van der Waals surface area contributed by atoms with E-state index in [1.54, 1.807) is 11.3 Å². The van der Waals surface area contributed by atoms with E-state index in [1.165, 1.54) is 24.0 Å². The summed E-state index contributed by atoms with van der Waals surface area (Å²) in [7, 11) is 3.99. The van der Waals surface area contributed by atoms with Gasteiger partial charge < -0.3 is 4.90 Å². The number of amides is 1. The molecule has 1 fully saturated rings. The van der Waals surface area contributed by atoms with Gasteiger partial charge in [0.25, 0.3) is 0 Å². The van der Waals surface area contributed by atoms with E-state index in [0.29, 0.717) is 12.6 Å². The lowest BCUT2D eigenvalue weighted by Gasteiger charge is -2.35. The molecule has 0 radical (unpaired) electrons. The molecule has 1 amide bonds. The smallest absolute Gasteiger partial charge is 0.239 e. The largest absolute Gasteiger partial charge is 0.341 e. The molecule has 1 aliphatic carbocycles. The number of nitrogens with zero attached hydrogens (tertiary/aromatic N) is 3. The number of likely N-dealkylation sites (N-methyl/N-ethyl adjacent to an activating group) is 2. The minimum absolute atomic E-state index is 0.121. The highest BCUT2D eigenvalue weighted by atomic mass is 32.1. The summed E-state index contributed by atoms with van der Waals surface area (Å²) in [5, 5.41) is 1.07. The Kier molecular flexibility index (Phi) is 5.51. The summed E-state index contributed by atoms with van der Waals surface area (Å²) in [5.74, 6) is 0.227. The van der Waals surface area contributed by atoms with Crippen LogP contribution >= 0.6 is 11.3 Å². The summed E-state index contributed by atoms with van der Waals surface area (Å²) < 4.78 is 1.21. The SMILES string of the molecule is CC(C(=O)N(C)C1CCCCC1)N(C)Cc1nc2ccccc2s1. The molecule has 1 atom stereocenters. The fourth-order valence-electron chi connectivity index (χ4n) is 3.47. The van der Waals surface area contributed by atoms with Gasteiger partial charge in [-0.05, 0) is 38.9 Å². The molecule has 1 aromatic carbocycles. The molecule has 0 saturated heterocycles. The first-order valence-corrected chi connectivity index (χ1v) is 9.69. The van der Waals surface area contributed by atoms with Crippen LogP contribution in [0.15, 0.2) is 24.3 Å². The van der Waals surface area contributed by atoms with Crippen LogP contribution in [-0.2, 0) is 11.3 Å². The normalized spacial score (nSPS) is 17.3. The minimum atomic E-state index is -0.121. The molecule has 1 aromatic heterocycles. The summed E-state index contributed by atoms with van der Waals surface area (Å²) in [6.45, 7) is 2.72.